The van der Waals surface area contributed by atoms with Crippen LogP contribution in [0.1, 0.15) is 6.42 Å². The maximum atomic E-state index is 12.5. The quantitative estimate of drug-likeness (QED) is 0.503. The maximum Gasteiger partial charge on any atom is 0.221 e. The van der Waals surface area contributed by atoms with Gasteiger partial charge in [-0.15, -0.1) is 0 Å². The van der Waals surface area contributed by atoms with Gasteiger partial charge in [0, 0.05) is 13.5 Å². The second-order valence-corrected chi connectivity index (χ2v) is 2.94. The largest absolute Gasteiger partial charge is 0.385 e. The van der Waals surface area contributed by atoms with Crippen LogP contribution in [-0.4, -0.2) is 24.6 Å². The Balaban J connectivity index is 3.45. The van der Waals surface area contributed by atoms with Crippen molar-refractivity contribution in [3.63, 3.8) is 0 Å². The third-order valence-electron chi connectivity index (χ3n) is 0.812. The van der Waals surface area contributed by atoms with Crippen LogP contribution in [0.3, 0.4) is 0 Å². The Labute approximate surface area is 61.5 Å². The zero-order valence-corrected chi connectivity index (χ0v) is 6.65. The van der Waals surface area contributed by atoms with Crippen molar-refractivity contribution in [1.82, 2.24) is 0 Å². The first kappa shape index (κ1) is 9.04. The fraction of sp³-hybridized carbons (Fsp3) is 0.800. The molecule has 0 spiro atoms. The van der Waals surface area contributed by atoms with Gasteiger partial charge in [-0.05, 0) is 15.9 Å². The van der Waals surface area contributed by atoms with E-state index in [1.165, 1.54) is 7.11 Å². The van der Waals surface area contributed by atoms with E-state index in [0.717, 1.165) is 0 Å². The summed E-state index contributed by atoms with van der Waals surface area (Å²) in [7, 11) is 1.45. The predicted octanol–water partition coefficient (Wildman–Crippen LogP) is 1.28. The van der Waals surface area contributed by atoms with Gasteiger partial charge in [-0.1, -0.05) is 0 Å². The van der Waals surface area contributed by atoms with Crippen molar-refractivity contribution in [1.29, 1.82) is 0 Å². The molecule has 0 saturated carbocycles. The Morgan fingerprint density at radius 1 is 1.89 bits per heavy atom. The molecule has 0 aliphatic rings. The van der Waals surface area contributed by atoms with Gasteiger partial charge >= 0.3 is 0 Å². The predicted molar refractivity (Wildman–Crippen MR) is 35.3 cm³/mol. The third-order valence-corrected chi connectivity index (χ3v) is 1.40. The van der Waals surface area contributed by atoms with E-state index in [9.17, 15) is 9.18 Å². The minimum Gasteiger partial charge on any atom is -0.385 e. The lowest BCUT2D eigenvalue weighted by molar-refractivity contribution is -0.113. The summed E-state index contributed by atoms with van der Waals surface area (Å²) < 4.78 is 15.1. The zero-order valence-electron chi connectivity index (χ0n) is 5.06. The van der Waals surface area contributed by atoms with Crippen LogP contribution >= 0.6 is 15.9 Å². The number of aldehydes is 1. The topological polar surface area (TPSA) is 26.3 Å². The van der Waals surface area contributed by atoms with Gasteiger partial charge in [0.25, 0.3) is 0 Å². The molecular formula is C5H8BrFO2. The Morgan fingerprint density at radius 2 is 2.44 bits per heavy atom. The van der Waals surface area contributed by atoms with E-state index in [2.05, 4.69) is 20.7 Å². The first-order chi connectivity index (χ1) is 4.12. The van der Waals surface area contributed by atoms with Crippen molar-refractivity contribution < 1.29 is 13.9 Å². The number of carbonyl (C=O) groups is 1. The highest BCUT2D eigenvalue weighted by Crippen LogP contribution is 2.20. The van der Waals surface area contributed by atoms with Crippen molar-refractivity contribution in [2.24, 2.45) is 0 Å². The van der Waals surface area contributed by atoms with Gasteiger partial charge in [0.2, 0.25) is 4.58 Å². The molecule has 0 fully saturated rings. The number of alkyl halides is 2. The molecule has 0 amide bonds. The summed E-state index contributed by atoms with van der Waals surface area (Å²) in [6.45, 7) is 0.237. The molecule has 0 aliphatic heterocycles. The first-order valence-electron chi connectivity index (χ1n) is 2.45. The highest BCUT2D eigenvalue weighted by molar-refractivity contribution is 9.10. The van der Waals surface area contributed by atoms with Gasteiger partial charge < -0.3 is 4.74 Å². The van der Waals surface area contributed by atoms with E-state index in [1.54, 1.807) is 0 Å². The lowest BCUT2D eigenvalue weighted by Crippen LogP contribution is -2.17. The van der Waals surface area contributed by atoms with Crippen molar-refractivity contribution in [2.75, 3.05) is 13.7 Å². The summed E-state index contributed by atoms with van der Waals surface area (Å²) in [5, 5.41) is 0. The smallest absolute Gasteiger partial charge is 0.221 e. The molecule has 0 radical (unpaired) electrons. The lowest BCUT2D eigenvalue weighted by atomic mass is 10.3. The number of hydrogen-bond acceptors (Lipinski definition) is 2. The highest BCUT2D eigenvalue weighted by atomic mass is 79.9. The monoisotopic (exact) mass is 198 g/mol. The first-order valence-corrected chi connectivity index (χ1v) is 3.25. The second-order valence-electron chi connectivity index (χ2n) is 1.62. The summed E-state index contributed by atoms with van der Waals surface area (Å²) in [5.74, 6) is 0. The fourth-order valence-electron chi connectivity index (χ4n) is 0.297. The maximum absolute atomic E-state index is 12.5. The van der Waals surface area contributed by atoms with Crippen LogP contribution in [0.2, 0.25) is 0 Å². The molecule has 9 heavy (non-hydrogen) atoms. The minimum atomic E-state index is -1.90. The highest BCUT2D eigenvalue weighted by Gasteiger charge is 2.23. The molecule has 1 unspecified atom stereocenters. The number of halogens is 2. The van der Waals surface area contributed by atoms with Gasteiger partial charge in [-0.25, -0.2) is 4.39 Å². The van der Waals surface area contributed by atoms with E-state index in [0.29, 0.717) is 0 Å². The molecule has 0 bridgehead atoms. The summed E-state index contributed by atoms with van der Waals surface area (Å²) in [6, 6.07) is 0. The lowest BCUT2D eigenvalue weighted by Gasteiger charge is -2.07. The molecule has 54 valence electrons. The molecule has 0 rings (SSSR count). The number of rotatable bonds is 4. The van der Waals surface area contributed by atoms with Crippen LogP contribution < -0.4 is 0 Å². The van der Waals surface area contributed by atoms with Gasteiger partial charge in [0.05, 0.1) is 6.61 Å². The van der Waals surface area contributed by atoms with Gasteiger partial charge in [0.1, 0.15) is 0 Å². The average molecular weight is 199 g/mol. The number of methoxy groups -OCH3 is 1. The molecule has 0 saturated heterocycles. The van der Waals surface area contributed by atoms with Gasteiger partial charge in [-0.3, -0.25) is 4.79 Å². The normalized spacial score (nSPS) is 16.8. The van der Waals surface area contributed by atoms with E-state index in [4.69, 9.17) is 0 Å². The average Bonchev–Trinajstić information content (AvgIpc) is 1.84. The Hall–Kier alpha value is 0.0400. The fourth-order valence-corrected chi connectivity index (χ4v) is 0.459. The molecule has 1 atom stereocenters. The Kier molecular flexibility index (Phi) is 3.97. The molecule has 0 heterocycles. The summed E-state index contributed by atoms with van der Waals surface area (Å²) in [6.07, 6.45) is 0.263. The molecule has 0 N–H and O–H groups in total. The van der Waals surface area contributed by atoms with Crippen molar-refractivity contribution >= 4 is 22.2 Å². The van der Waals surface area contributed by atoms with Crippen LogP contribution in [0.4, 0.5) is 4.39 Å². The second kappa shape index (κ2) is 3.95. The van der Waals surface area contributed by atoms with E-state index in [1.807, 2.05) is 0 Å². The molecule has 0 aromatic carbocycles. The van der Waals surface area contributed by atoms with Crippen LogP contribution in [0.5, 0.6) is 0 Å². The number of hydrogen-bond donors (Lipinski definition) is 0. The van der Waals surface area contributed by atoms with Crippen LogP contribution in [0, 0.1) is 0 Å². The Bertz CT molecular complexity index is 95.0. The molecular weight excluding hydrogens is 191 g/mol. The van der Waals surface area contributed by atoms with Crippen molar-refractivity contribution in [3.05, 3.63) is 0 Å². The third kappa shape index (κ3) is 4.54. The standard InChI is InChI=1S/C5H8BrFO2/c1-9-3-2-5(6,7)4-8/h4H,2-3H2,1H3. The van der Waals surface area contributed by atoms with E-state index in [-0.39, 0.29) is 19.3 Å². The summed E-state index contributed by atoms with van der Waals surface area (Å²) >= 11 is 2.57. The Morgan fingerprint density at radius 3 is 2.78 bits per heavy atom. The molecule has 0 aromatic heterocycles. The van der Waals surface area contributed by atoms with Crippen molar-refractivity contribution in [3.8, 4) is 0 Å². The van der Waals surface area contributed by atoms with Gasteiger partial charge in [0.15, 0.2) is 6.29 Å². The molecule has 4 heteroatoms. The minimum absolute atomic E-state index is 0.0486. The number of ether oxygens (including phenoxy) is 1. The summed E-state index contributed by atoms with van der Waals surface area (Å²) in [4.78, 5) is 9.86. The molecule has 0 aromatic rings. The molecule has 2 nitrogen and oxygen atoms in total. The molecule has 0 aliphatic carbocycles. The zero-order chi connectivity index (χ0) is 7.33. The van der Waals surface area contributed by atoms with Gasteiger partial charge in [-0.2, -0.15) is 0 Å². The summed E-state index contributed by atoms with van der Waals surface area (Å²) in [5.41, 5.74) is 0. The van der Waals surface area contributed by atoms with Crippen molar-refractivity contribution in [2.45, 2.75) is 11.0 Å². The SMILES string of the molecule is COCCC(F)(Br)C=O. The van der Waals surface area contributed by atoms with Crippen LogP contribution in [0.15, 0.2) is 0 Å². The van der Waals surface area contributed by atoms with E-state index >= 15 is 0 Å². The van der Waals surface area contributed by atoms with Crippen LogP contribution in [0.25, 0.3) is 0 Å². The van der Waals surface area contributed by atoms with E-state index < -0.39 is 4.58 Å². The van der Waals surface area contributed by atoms with Crippen LogP contribution in [-0.2, 0) is 9.53 Å². The number of carbonyl (C=O) groups excluding carboxylic acids is 1.